The van der Waals surface area contributed by atoms with Crippen LogP contribution in [0.1, 0.15) is 0 Å². The molecule has 0 atom stereocenters. The summed E-state index contributed by atoms with van der Waals surface area (Å²) in [6.07, 6.45) is 0. The Hall–Kier alpha value is -5.86. The third-order valence-corrected chi connectivity index (χ3v) is 8.81. The lowest BCUT2D eigenvalue weighted by Crippen LogP contribution is -1.87. The van der Waals surface area contributed by atoms with E-state index < -0.39 is 0 Å². The van der Waals surface area contributed by atoms with Crippen LogP contribution < -0.4 is 0 Å². The largest absolute Gasteiger partial charge is 0.455 e. The average molecular weight is 562 g/mol. The van der Waals surface area contributed by atoms with Crippen molar-refractivity contribution in [3.8, 4) is 44.5 Å². The Bertz CT molecular complexity index is 2480. The van der Waals surface area contributed by atoms with Crippen molar-refractivity contribution in [2.24, 2.45) is 0 Å². The van der Waals surface area contributed by atoms with Gasteiger partial charge < -0.3 is 9.40 Å². The highest BCUT2D eigenvalue weighted by molar-refractivity contribution is 6.14. The lowest BCUT2D eigenvalue weighted by Gasteiger charge is -2.12. The van der Waals surface area contributed by atoms with E-state index in [-0.39, 0.29) is 0 Å². The molecule has 0 unspecified atom stereocenters. The number of benzene rings is 7. The molecule has 2 heteroatoms. The number of hydrogen-bond donors (Lipinski definition) is 1. The fourth-order valence-electron chi connectivity index (χ4n) is 6.74. The van der Waals surface area contributed by atoms with Gasteiger partial charge in [-0.25, -0.2) is 0 Å². The lowest BCUT2D eigenvalue weighted by atomic mass is 9.92. The number of aromatic amines is 1. The van der Waals surface area contributed by atoms with E-state index in [4.69, 9.17) is 4.42 Å². The number of aromatic nitrogens is 1. The Morgan fingerprint density at radius 3 is 1.55 bits per heavy atom. The van der Waals surface area contributed by atoms with Crippen molar-refractivity contribution < 1.29 is 4.42 Å². The van der Waals surface area contributed by atoms with Crippen molar-refractivity contribution in [1.29, 1.82) is 0 Å². The van der Waals surface area contributed by atoms with Crippen molar-refractivity contribution >= 4 is 43.7 Å². The highest BCUT2D eigenvalue weighted by Crippen LogP contribution is 2.42. The molecule has 0 radical (unpaired) electrons. The van der Waals surface area contributed by atoms with Crippen LogP contribution in [0.15, 0.2) is 162 Å². The Labute approximate surface area is 254 Å². The van der Waals surface area contributed by atoms with E-state index in [0.29, 0.717) is 0 Å². The summed E-state index contributed by atoms with van der Waals surface area (Å²) in [6, 6.07) is 56.1. The number of furan rings is 1. The summed E-state index contributed by atoms with van der Waals surface area (Å²) in [5, 5.41) is 4.73. The fraction of sp³-hybridized carbons (Fsp3) is 0. The highest BCUT2D eigenvalue weighted by Gasteiger charge is 2.18. The van der Waals surface area contributed by atoms with Crippen molar-refractivity contribution in [2.75, 3.05) is 0 Å². The van der Waals surface area contributed by atoms with Gasteiger partial charge in [-0.3, -0.25) is 0 Å². The monoisotopic (exact) mass is 561 g/mol. The standard InChI is InChI=1S/C42H27NO/c1-3-12-27(13-4-1)29-24-30(32-17-9-20-36-35-16-7-8-23-39(35)43-40(32)36)26-31(25-29)34-19-11-22-38-37-21-10-18-33(41(37)44-42(34)38)28-14-5-2-6-15-28/h1-26,43H. The first-order valence-corrected chi connectivity index (χ1v) is 15.0. The first-order chi connectivity index (χ1) is 21.8. The second-order valence-corrected chi connectivity index (χ2v) is 11.4. The zero-order chi connectivity index (χ0) is 29.0. The first kappa shape index (κ1) is 24.7. The molecule has 2 heterocycles. The molecule has 0 spiro atoms. The first-order valence-electron chi connectivity index (χ1n) is 15.0. The molecular formula is C42H27NO. The van der Waals surface area contributed by atoms with Gasteiger partial charge in [-0.1, -0.05) is 133 Å². The van der Waals surface area contributed by atoms with Gasteiger partial charge in [0.15, 0.2) is 0 Å². The molecule has 0 saturated heterocycles. The summed E-state index contributed by atoms with van der Waals surface area (Å²) in [6.45, 7) is 0. The Balaban J connectivity index is 1.31. The number of H-pyrrole nitrogens is 1. The number of para-hydroxylation sites is 4. The van der Waals surface area contributed by atoms with Crippen LogP contribution in [0.5, 0.6) is 0 Å². The number of hydrogen-bond acceptors (Lipinski definition) is 1. The Morgan fingerprint density at radius 2 is 0.841 bits per heavy atom. The van der Waals surface area contributed by atoms with Crippen LogP contribution in [0.25, 0.3) is 88.3 Å². The molecule has 0 amide bonds. The van der Waals surface area contributed by atoms with Crippen LogP contribution in [0, 0.1) is 0 Å². The average Bonchev–Trinajstić information content (AvgIpc) is 3.67. The summed E-state index contributed by atoms with van der Waals surface area (Å²) in [4.78, 5) is 3.71. The van der Waals surface area contributed by atoms with Gasteiger partial charge in [0.1, 0.15) is 11.2 Å². The van der Waals surface area contributed by atoms with Crippen molar-refractivity contribution in [1.82, 2.24) is 4.98 Å². The molecule has 1 N–H and O–H groups in total. The maximum atomic E-state index is 6.82. The minimum Gasteiger partial charge on any atom is -0.455 e. The fourth-order valence-corrected chi connectivity index (χ4v) is 6.74. The van der Waals surface area contributed by atoms with Crippen molar-refractivity contribution in [3.63, 3.8) is 0 Å². The summed E-state index contributed by atoms with van der Waals surface area (Å²) >= 11 is 0. The molecular weight excluding hydrogens is 534 g/mol. The summed E-state index contributed by atoms with van der Waals surface area (Å²) in [5.74, 6) is 0. The molecule has 206 valence electrons. The van der Waals surface area contributed by atoms with Gasteiger partial charge in [-0.2, -0.15) is 0 Å². The van der Waals surface area contributed by atoms with Crippen LogP contribution >= 0.6 is 0 Å². The molecule has 0 fully saturated rings. The second kappa shape index (κ2) is 9.86. The van der Waals surface area contributed by atoms with Crippen molar-refractivity contribution in [2.45, 2.75) is 0 Å². The quantitative estimate of drug-likeness (QED) is 0.227. The van der Waals surface area contributed by atoms with E-state index in [9.17, 15) is 0 Å². The molecule has 7 aromatic carbocycles. The van der Waals surface area contributed by atoms with Crippen LogP contribution in [0.3, 0.4) is 0 Å². The van der Waals surface area contributed by atoms with E-state index in [1.807, 2.05) is 6.07 Å². The van der Waals surface area contributed by atoms with Gasteiger partial charge >= 0.3 is 0 Å². The summed E-state index contributed by atoms with van der Waals surface area (Å²) in [5.41, 5.74) is 13.3. The van der Waals surface area contributed by atoms with Crippen LogP contribution in [-0.4, -0.2) is 4.98 Å². The predicted molar refractivity (Wildman–Crippen MR) is 185 cm³/mol. The minimum absolute atomic E-state index is 0.908. The molecule has 44 heavy (non-hydrogen) atoms. The molecule has 0 aliphatic carbocycles. The molecule has 2 nitrogen and oxygen atoms in total. The van der Waals surface area contributed by atoms with Crippen LogP contribution in [0.4, 0.5) is 0 Å². The molecule has 2 aromatic heterocycles. The molecule has 0 saturated carbocycles. The summed E-state index contributed by atoms with van der Waals surface area (Å²) in [7, 11) is 0. The number of fused-ring (bicyclic) bond motifs is 6. The topological polar surface area (TPSA) is 28.9 Å². The smallest absolute Gasteiger partial charge is 0.143 e. The van der Waals surface area contributed by atoms with Crippen molar-refractivity contribution in [3.05, 3.63) is 158 Å². The van der Waals surface area contributed by atoms with Gasteiger partial charge in [-0.15, -0.1) is 0 Å². The van der Waals surface area contributed by atoms with Gasteiger partial charge in [0, 0.05) is 43.8 Å². The molecule has 9 aromatic rings. The van der Waals surface area contributed by atoms with E-state index in [2.05, 4.69) is 157 Å². The Morgan fingerprint density at radius 1 is 0.341 bits per heavy atom. The van der Waals surface area contributed by atoms with E-state index in [0.717, 1.165) is 60.8 Å². The minimum atomic E-state index is 0.908. The number of nitrogens with one attached hydrogen (secondary N) is 1. The van der Waals surface area contributed by atoms with Crippen LogP contribution in [0.2, 0.25) is 0 Å². The zero-order valence-electron chi connectivity index (χ0n) is 23.9. The van der Waals surface area contributed by atoms with Gasteiger partial charge in [0.25, 0.3) is 0 Å². The van der Waals surface area contributed by atoms with Crippen LogP contribution in [-0.2, 0) is 0 Å². The number of rotatable bonds is 4. The lowest BCUT2D eigenvalue weighted by molar-refractivity contribution is 0.671. The highest BCUT2D eigenvalue weighted by atomic mass is 16.3. The maximum absolute atomic E-state index is 6.82. The second-order valence-electron chi connectivity index (χ2n) is 11.4. The van der Waals surface area contributed by atoms with Gasteiger partial charge in [0.2, 0.25) is 0 Å². The van der Waals surface area contributed by atoms with Gasteiger partial charge in [0.05, 0.1) is 5.52 Å². The van der Waals surface area contributed by atoms with E-state index >= 15 is 0 Å². The predicted octanol–water partition coefficient (Wildman–Crippen LogP) is 11.9. The normalized spacial score (nSPS) is 11.6. The zero-order valence-corrected chi connectivity index (χ0v) is 23.9. The molecule has 0 aliphatic heterocycles. The third kappa shape index (κ3) is 3.89. The molecule has 0 aliphatic rings. The Kier molecular flexibility index (Phi) is 5.54. The van der Waals surface area contributed by atoms with E-state index in [1.54, 1.807) is 0 Å². The van der Waals surface area contributed by atoms with E-state index in [1.165, 1.54) is 27.5 Å². The molecule has 0 bridgehead atoms. The third-order valence-electron chi connectivity index (χ3n) is 8.81. The summed E-state index contributed by atoms with van der Waals surface area (Å²) < 4.78 is 6.82. The maximum Gasteiger partial charge on any atom is 0.143 e. The SMILES string of the molecule is c1ccc(-c2cc(-c3cccc4c3[nH]c3ccccc34)cc(-c3cccc4c3oc3c(-c5ccccc5)cccc34)c2)cc1. The van der Waals surface area contributed by atoms with Gasteiger partial charge in [-0.05, 0) is 52.1 Å². The molecule has 9 rings (SSSR count).